The zero-order valence-corrected chi connectivity index (χ0v) is 13.0. The number of ketones is 1. The molecule has 0 radical (unpaired) electrons. The maximum absolute atomic E-state index is 13.7. The first kappa shape index (κ1) is 15.6. The van der Waals surface area contributed by atoms with Gasteiger partial charge in [0, 0.05) is 18.4 Å². The van der Waals surface area contributed by atoms with Crippen LogP contribution in [0.4, 0.5) is 8.78 Å². The fourth-order valence-electron chi connectivity index (χ4n) is 3.56. The first-order chi connectivity index (χ1) is 10.3. The highest BCUT2D eigenvalue weighted by atomic mass is 19.2. The molecule has 22 heavy (non-hydrogen) atoms. The average molecular weight is 310 g/mol. The highest BCUT2D eigenvalue weighted by Crippen LogP contribution is 2.53. The van der Waals surface area contributed by atoms with Gasteiger partial charge < -0.3 is 9.47 Å². The van der Waals surface area contributed by atoms with Crippen LogP contribution in [0.2, 0.25) is 0 Å². The van der Waals surface area contributed by atoms with Crippen molar-refractivity contribution in [3.63, 3.8) is 0 Å². The predicted molar refractivity (Wildman–Crippen MR) is 76.2 cm³/mol. The van der Waals surface area contributed by atoms with Crippen molar-refractivity contribution < 1.29 is 23.0 Å². The lowest BCUT2D eigenvalue weighted by Crippen LogP contribution is -2.44. The van der Waals surface area contributed by atoms with Gasteiger partial charge in [0.05, 0.1) is 18.3 Å². The molecule has 2 heterocycles. The Kier molecular flexibility index (Phi) is 3.61. The lowest BCUT2D eigenvalue weighted by atomic mass is 9.74. The van der Waals surface area contributed by atoms with Crippen molar-refractivity contribution in [1.82, 2.24) is 0 Å². The maximum atomic E-state index is 13.7. The van der Waals surface area contributed by atoms with E-state index >= 15 is 0 Å². The van der Waals surface area contributed by atoms with Gasteiger partial charge in [-0.3, -0.25) is 4.79 Å². The Labute approximate surface area is 128 Å². The van der Waals surface area contributed by atoms with Crippen molar-refractivity contribution in [3.8, 4) is 0 Å². The fourth-order valence-corrected chi connectivity index (χ4v) is 3.56. The number of hydrogen-bond acceptors (Lipinski definition) is 3. The molecule has 1 aromatic carbocycles. The van der Waals surface area contributed by atoms with Crippen LogP contribution in [0.5, 0.6) is 0 Å². The van der Waals surface area contributed by atoms with Crippen LogP contribution >= 0.6 is 0 Å². The molecule has 2 saturated heterocycles. The summed E-state index contributed by atoms with van der Waals surface area (Å²) in [6.45, 7) is 5.74. The SMILES string of the molecule is CC(C)[C@]12C[C@@H](OCc3cccc(F)c3F)[C@](C)(CC1=O)O2. The lowest BCUT2D eigenvalue weighted by Gasteiger charge is -2.30. The Morgan fingerprint density at radius 2 is 2.14 bits per heavy atom. The van der Waals surface area contributed by atoms with Gasteiger partial charge >= 0.3 is 0 Å². The van der Waals surface area contributed by atoms with Crippen molar-refractivity contribution in [1.29, 1.82) is 0 Å². The Hall–Kier alpha value is -1.33. The zero-order valence-electron chi connectivity index (χ0n) is 13.0. The van der Waals surface area contributed by atoms with E-state index in [2.05, 4.69) is 0 Å². The standard InChI is InChI=1S/C17H20F2O3/c1-10(2)17-8-14(16(3,22-17)7-13(17)20)21-9-11-5-4-6-12(18)15(11)19/h4-6,10,14H,7-9H2,1-3H3/t14-,16+,17-/m1/s1. The summed E-state index contributed by atoms with van der Waals surface area (Å²) >= 11 is 0. The zero-order chi connectivity index (χ0) is 16.1. The first-order valence-corrected chi connectivity index (χ1v) is 7.56. The van der Waals surface area contributed by atoms with Gasteiger partial charge in [-0.1, -0.05) is 26.0 Å². The topological polar surface area (TPSA) is 35.5 Å². The second-order valence-corrected chi connectivity index (χ2v) is 6.78. The molecule has 0 aromatic heterocycles. The van der Waals surface area contributed by atoms with Crippen LogP contribution in [-0.2, 0) is 20.9 Å². The minimum Gasteiger partial charge on any atom is -0.370 e. The minimum absolute atomic E-state index is 0.0322. The molecule has 0 amide bonds. The number of benzene rings is 1. The van der Waals surface area contributed by atoms with Crippen LogP contribution in [0.1, 0.15) is 39.2 Å². The summed E-state index contributed by atoms with van der Waals surface area (Å²) in [6, 6.07) is 4.03. The van der Waals surface area contributed by atoms with Crippen LogP contribution in [0, 0.1) is 17.6 Å². The largest absolute Gasteiger partial charge is 0.370 e. The molecule has 1 aromatic rings. The maximum Gasteiger partial charge on any atom is 0.167 e. The van der Waals surface area contributed by atoms with Gasteiger partial charge in [0.25, 0.3) is 0 Å². The van der Waals surface area contributed by atoms with E-state index in [9.17, 15) is 13.6 Å². The normalized spacial score (nSPS) is 33.9. The molecule has 2 aliphatic rings. The molecule has 2 aliphatic heterocycles. The summed E-state index contributed by atoms with van der Waals surface area (Å²) in [7, 11) is 0. The highest BCUT2D eigenvalue weighted by Gasteiger charge is 2.65. The molecule has 120 valence electrons. The number of ether oxygens (including phenoxy) is 2. The molecular formula is C17H20F2O3. The molecule has 0 saturated carbocycles. The van der Waals surface area contributed by atoms with Crippen LogP contribution in [0.25, 0.3) is 0 Å². The highest BCUT2D eigenvalue weighted by molar-refractivity contribution is 5.92. The average Bonchev–Trinajstić information content (AvgIpc) is 2.88. The Bertz CT molecular complexity index is 616. The van der Waals surface area contributed by atoms with Gasteiger partial charge in [-0.2, -0.15) is 0 Å². The van der Waals surface area contributed by atoms with Crippen molar-refractivity contribution in [2.24, 2.45) is 5.92 Å². The van der Waals surface area contributed by atoms with Crippen molar-refractivity contribution >= 4 is 5.78 Å². The van der Waals surface area contributed by atoms with Gasteiger partial charge in [-0.25, -0.2) is 8.78 Å². The molecule has 2 fully saturated rings. The van der Waals surface area contributed by atoms with Crippen LogP contribution in [-0.4, -0.2) is 23.1 Å². The van der Waals surface area contributed by atoms with E-state index < -0.39 is 22.8 Å². The summed E-state index contributed by atoms with van der Waals surface area (Å²) < 4.78 is 38.7. The third-order valence-electron chi connectivity index (χ3n) is 4.97. The molecular weight excluding hydrogens is 290 g/mol. The number of hydrogen-bond donors (Lipinski definition) is 0. The summed E-state index contributed by atoms with van der Waals surface area (Å²) in [5.41, 5.74) is -1.29. The number of rotatable bonds is 4. The smallest absolute Gasteiger partial charge is 0.167 e. The molecule has 0 aliphatic carbocycles. The van der Waals surface area contributed by atoms with Crippen molar-refractivity contribution in [3.05, 3.63) is 35.4 Å². The van der Waals surface area contributed by atoms with Crippen LogP contribution in [0.3, 0.4) is 0 Å². The van der Waals surface area contributed by atoms with E-state index in [1.165, 1.54) is 12.1 Å². The summed E-state index contributed by atoms with van der Waals surface area (Å²) in [5, 5.41) is 0. The fraction of sp³-hybridized carbons (Fsp3) is 0.588. The second kappa shape index (κ2) is 5.10. The van der Waals surface area contributed by atoms with Crippen LogP contribution in [0.15, 0.2) is 18.2 Å². The number of Topliss-reactive ketones (excluding diaryl/α,β-unsaturated/α-hetero) is 1. The molecule has 0 unspecified atom stereocenters. The molecule has 3 rings (SSSR count). The molecule has 3 nitrogen and oxygen atoms in total. The molecule has 0 spiro atoms. The molecule has 0 N–H and O–H groups in total. The van der Waals surface area contributed by atoms with E-state index in [0.717, 1.165) is 6.07 Å². The predicted octanol–water partition coefficient (Wildman–Crippen LogP) is 3.40. The lowest BCUT2D eigenvalue weighted by molar-refractivity contribution is -0.136. The minimum atomic E-state index is -0.884. The Morgan fingerprint density at radius 3 is 2.77 bits per heavy atom. The van der Waals surface area contributed by atoms with E-state index in [-0.39, 0.29) is 30.0 Å². The van der Waals surface area contributed by atoms with Gasteiger partial charge in [0.15, 0.2) is 17.4 Å². The summed E-state index contributed by atoms with van der Waals surface area (Å²) in [5.74, 6) is -1.60. The quantitative estimate of drug-likeness (QED) is 0.855. The monoisotopic (exact) mass is 310 g/mol. The number of fused-ring (bicyclic) bond motifs is 2. The third kappa shape index (κ3) is 2.18. The molecule has 3 atom stereocenters. The van der Waals surface area contributed by atoms with Crippen molar-refractivity contribution in [2.45, 2.75) is 57.5 Å². The van der Waals surface area contributed by atoms with Gasteiger partial charge in [0.2, 0.25) is 0 Å². The van der Waals surface area contributed by atoms with E-state index in [1.807, 2.05) is 20.8 Å². The molecule has 2 bridgehead atoms. The number of halogens is 2. The van der Waals surface area contributed by atoms with E-state index in [0.29, 0.717) is 12.8 Å². The van der Waals surface area contributed by atoms with Gasteiger partial charge in [0.1, 0.15) is 5.60 Å². The Balaban J connectivity index is 1.75. The Morgan fingerprint density at radius 1 is 1.41 bits per heavy atom. The third-order valence-corrected chi connectivity index (χ3v) is 4.97. The van der Waals surface area contributed by atoms with Gasteiger partial charge in [-0.15, -0.1) is 0 Å². The summed E-state index contributed by atoms with van der Waals surface area (Å²) in [4.78, 5) is 12.2. The first-order valence-electron chi connectivity index (χ1n) is 7.56. The van der Waals surface area contributed by atoms with Crippen molar-refractivity contribution in [2.75, 3.05) is 0 Å². The van der Waals surface area contributed by atoms with E-state index in [4.69, 9.17) is 9.47 Å². The van der Waals surface area contributed by atoms with E-state index in [1.54, 1.807) is 0 Å². The van der Waals surface area contributed by atoms with Crippen LogP contribution < -0.4 is 0 Å². The molecule has 5 heteroatoms. The number of carbonyl (C=O) groups is 1. The second-order valence-electron chi connectivity index (χ2n) is 6.78. The summed E-state index contributed by atoms with van der Waals surface area (Å²) in [6.07, 6.45) is 0.480. The number of carbonyl (C=O) groups excluding carboxylic acids is 1. The van der Waals surface area contributed by atoms with Gasteiger partial charge in [-0.05, 0) is 18.9 Å².